The summed E-state index contributed by atoms with van der Waals surface area (Å²) < 4.78 is 0. The van der Waals surface area contributed by atoms with Crippen molar-refractivity contribution in [3.8, 4) is 0 Å². The molecule has 0 amide bonds. The van der Waals surface area contributed by atoms with E-state index in [2.05, 4.69) is 66.4 Å². The minimum absolute atomic E-state index is 0.0210. The molecule has 2 unspecified atom stereocenters. The van der Waals surface area contributed by atoms with Crippen LogP contribution in [-0.2, 0) is 0 Å². The lowest BCUT2D eigenvalue weighted by Gasteiger charge is -2.19. The van der Waals surface area contributed by atoms with Crippen LogP contribution in [0.2, 0.25) is 0 Å². The van der Waals surface area contributed by atoms with E-state index >= 15 is 0 Å². The van der Waals surface area contributed by atoms with Crippen molar-refractivity contribution in [2.24, 2.45) is 22.2 Å². The predicted molar refractivity (Wildman–Crippen MR) is 151 cm³/mol. The Morgan fingerprint density at radius 1 is 1.09 bits per heavy atom. The molecule has 196 valence electrons. The standard InChI is InChI=1S/C20H31N3O.C5H10.C3H8.C2H6/c1-13-8-7-9-16(23-19(13)12-24)18-11-21-17(15(3)22-18)10-14(2)20(4,5)6;1-5-3-2-4-5;1-3-2;1-2/h10-11,13,19,24H,7-9,12H2,1-6H3;5H,2-4H2,1H3;3H2,1-2H3;1-2H3/b14-10+;;;. The van der Waals surface area contributed by atoms with Crippen molar-refractivity contribution in [2.75, 3.05) is 6.61 Å². The van der Waals surface area contributed by atoms with Gasteiger partial charge in [-0.15, -0.1) is 0 Å². The van der Waals surface area contributed by atoms with Crippen molar-refractivity contribution >= 4 is 11.8 Å². The molecule has 2 atom stereocenters. The highest BCUT2D eigenvalue weighted by atomic mass is 16.3. The number of aryl methyl sites for hydroxylation is 1. The first-order valence-corrected chi connectivity index (χ1v) is 13.7. The van der Waals surface area contributed by atoms with Gasteiger partial charge in [0.05, 0.1) is 35.9 Å². The van der Waals surface area contributed by atoms with Crippen LogP contribution in [0.15, 0.2) is 16.8 Å². The van der Waals surface area contributed by atoms with Gasteiger partial charge in [-0.3, -0.25) is 9.98 Å². The molecule has 2 aliphatic rings. The number of aliphatic hydroxyl groups is 1. The van der Waals surface area contributed by atoms with Gasteiger partial charge < -0.3 is 5.11 Å². The van der Waals surface area contributed by atoms with Crippen molar-refractivity contribution in [3.63, 3.8) is 0 Å². The Labute approximate surface area is 211 Å². The number of aliphatic imine (C=N–C) groups is 1. The molecule has 4 heteroatoms. The average Bonchev–Trinajstić information content (AvgIpc) is 2.96. The Morgan fingerprint density at radius 3 is 2.06 bits per heavy atom. The van der Waals surface area contributed by atoms with Crippen LogP contribution in [0, 0.1) is 24.2 Å². The third-order valence-corrected chi connectivity index (χ3v) is 6.45. The monoisotopic (exact) mass is 473 g/mol. The van der Waals surface area contributed by atoms with Crippen LogP contribution in [-0.4, -0.2) is 33.4 Å². The molecule has 1 aromatic heterocycles. The molecule has 0 bridgehead atoms. The molecular weight excluding hydrogens is 418 g/mol. The van der Waals surface area contributed by atoms with Crippen LogP contribution < -0.4 is 0 Å². The molecule has 0 spiro atoms. The first kappa shape index (κ1) is 32.5. The lowest BCUT2D eigenvalue weighted by Crippen LogP contribution is -2.20. The summed E-state index contributed by atoms with van der Waals surface area (Å²) in [6.07, 6.45) is 12.8. The van der Waals surface area contributed by atoms with E-state index in [9.17, 15) is 5.11 Å². The molecule has 2 heterocycles. The van der Waals surface area contributed by atoms with Gasteiger partial charge in [0.15, 0.2) is 0 Å². The maximum absolute atomic E-state index is 9.57. The zero-order valence-corrected chi connectivity index (χ0v) is 24.3. The predicted octanol–water partition coefficient (Wildman–Crippen LogP) is 8.45. The van der Waals surface area contributed by atoms with Gasteiger partial charge in [-0.05, 0) is 56.4 Å². The molecule has 1 aliphatic carbocycles. The number of rotatable bonds is 3. The highest BCUT2D eigenvalue weighted by molar-refractivity contribution is 5.99. The molecule has 3 rings (SSSR count). The number of aliphatic hydroxyl groups excluding tert-OH is 1. The minimum Gasteiger partial charge on any atom is -0.394 e. The van der Waals surface area contributed by atoms with Crippen LogP contribution in [0.5, 0.6) is 0 Å². The number of aromatic nitrogens is 2. The SMILES string of the molecule is C/C(=C\c1ncc(C2=NC(CO)C(C)CCC2)nc1C)C(C)(C)C.CC.CC1CCC1.CCC. The molecule has 0 saturated heterocycles. The van der Waals surface area contributed by atoms with Crippen LogP contribution in [0.4, 0.5) is 0 Å². The van der Waals surface area contributed by atoms with E-state index in [1.807, 2.05) is 27.0 Å². The van der Waals surface area contributed by atoms with Gasteiger partial charge in [-0.1, -0.05) is 93.6 Å². The fourth-order valence-corrected chi connectivity index (χ4v) is 3.40. The molecule has 0 aromatic carbocycles. The second kappa shape index (κ2) is 17.0. The first-order valence-electron chi connectivity index (χ1n) is 13.7. The van der Waals surface area contributed by atoms with E-state index < -0.39 is 0 Å². The lowest BCUT2D eigenvalue weighted by atomic mass is 9.87. The second-order valence-corrected chi connectivity index (χ2v) is 10.7. The fourth-order valence-electron chi connectivity index (χ4n) is 3.40. The zero-order valence-electron chi connectivity index (χ0n) is 24.3. The summed E-state index contributed by atoms with van der Waals surface area (Å²) in [5.41, 5.74) is 5.10. The maximum Gasteiger partial charge on any atom is 0.103 e. The summed E-state index contributed by atoms with van der Waals surface area (Å²) >= 11 is 0. The number of nitrogens with zero attached hydrogens (tertiary/aromatic N) is 3. The Morgan fingerprint density at radius 2 is 1.65 bits per heavy atom. The van der Waals surface area contributed by atoms with E-state index in [0.29, 0.717) is 5.92 Å². The largest absolute Gasteiger partial charge is 0.394 e. The molecule has 1 aliphatic heterocycles. The van der Waals surface area contributed by atoms with Crippen molar-refractivity contribution in [1.82, 2.24) is 9.97 Å². The normalized spacial score (nSPS) is 20.7. The van der Waals surface area contributed by atoms with E-state index in [0.717, 1.165) is 48.0 Å². The molecule has 1 aromatic rings. The quantitative estimate of drug-likeness (QED) is 0.479. The molecular formula is C30H55N3O. The Kier molecular flexibility index (Phi) is 16.2. The van der Waals surface area contributed by atoms with Gasteiger partial charge in [0.1, 0.15) is 5.69 Å². The number of hydrogen-bond donors (Lipinski definition) is 1. The van der Waals surface area contributed by atoms with Crippen LogP contribution >= 0.6 is 0 Å². The van der Waals surface area contributed by atoms with E-state index in [-0.39, 0.29) is 18.1 Å². The molecule has 1 N–H and O–H groups in total. The molecule has 1 saturated carbocycles. The van der Waals surface area contributed by atoms with Crippen LogP contribution in [0.25, 0.3) is 6.08 Å². The fraction of sp³-hybridized carbons (Fsp3) is 0.767. The van der Waals surface area contributed by atoms with Crippen molar-refractivity contribution in [3.05, 3.63) is 28.9 Å². The maximum atomic E-state index is 9.57. The summed E-state index contributed by atoms with van der Waals surface area (Å²) in [5, 5.41) is 9.57. The molecule has 0 radical (unpaired) electrons. The highest BCUT2D eigenvalue weighted by Gasteiger charge is 2.21. The Hall–Kier alpha value is -1.55. The minimum atomic E-state index is -0.0210. The highest BCUT2D eigenvalue weighted by Crippen LogP contribution is 2.27. The third-order valence-electron chi connectivity index (χ3n) is 6.45. The first-order chi connectivity index (χ1) is 16.0. The van der Waals surface area contributed by atoms with Crippen LogP contribution in [0.3, 0.4) is 0 Å². The summed E-state index contributed by atoms with van der Waals surface area (Å²) in [6, 6.07) is -0.0210. The van der Waals surface area contributed by atoms with Crippen LogP contribution in [0.1, 0.15) is 131 Å². The molecule has 4 nitrogen and oxygen atoms in total. The Balaban J connectivity index is 0.000000913. The molecule has 1 fully saturated rings. The van der Waals surface area contributed by atoms with Crippen molar-refractivity contribution in [1.29, 1.82) is 0 Å². The summed E-state index contributed by atoms with van der Waals surface area (Å²) in [7, 11) is 0. The Bertz CT molecular complexity index is 742. The van der Waals surface area contributed by atoms with Gasteiger partial charge >= 0.3 is 0 Å². The summed E-state index contributed by atoms with van der Waals surface area (Å²) in [4.78, 5) is 14.1. The smallest absolute Gasteiger partial charge is 0.103 e. The third kappa shape index (κ3) is 11.7. The van der Waals surface area contributed by atoms with Crippen molar-refractivity contribution < 1.29 is 5.11 Å². The van der Waals surface area contributed by atoms with E-state index in [1.54, 1.807) is 0 Å². The van der Waals surface area contributed by atoms with E-state index in [1.165, 1.54) is 31.3 Å². The van der Waals surface area contributed by atoms with Gasteiger partial charge in [0.25, 0.3) is 0 Å². The lowest BCUT2D eigenvalue weighted by molar-refractivity contribution is 0.230. The second-order valence-electron chi connectivity index (χ2n) is 10.7. The number of allylic oxidation sites excluding steroid dienone is 1. The van der Waals surface area contributed by atoms with E-state index in [4.69, 9.17) is 9.98 Å². The van der Waals surface area contributed by atoms with Gasteiger partial charge in [0, 0.05) is 0 Å². The van der Waals surface area contributed by atoms with Gasteiger partial charge in [-0.2, -0.15) is 0 Å². The van der Waals surface area contributed by atoms with Crippen molar-refractivity contribution in [2.45, 2.75) is 127 Å². The van der Waals surface area contributed by atoms with Gasteiger partial charge in [0.2, 0.25) is 0 Å². The topological polar surface area (TPSA) is 58.4 Å². The number of hydrogen-bond acceptors (Lipinski definition) is 4. The van der Waals surface area contributed by atoms with Gasteiger partial charge in [-0.25, -0.2) is 4.98 Å². The average molecular weight is 474 g/mol. The summed E-state index contributed by atoms with van der Waals surface area (Å²) in [5.74, 6) is 1.48. The zero-order chi connectivity index (χ0) is 26.3. The molecule has 34 heavy (non-hydrogen) atoms. The summed E-state index contributed by atoms with van der Waals surface area (Å²) in [6.45, 7) is 23.6.